The van der Waals surface area contributed by atoms with Crippen LogP contribution in [0.5, 0.6) is 0 Å². The molecule has 0 spiro atoms. The average Bonchev–Trinajstić information content (AvgIpc) is 2.63. The number of nitrogens with zero attached hydrogens (tertiary/aromatic N) is 1. The van der Waals surface area contributed by atoms with Crippen LogP contribution in [0.3, 0.4) is 0 Å². The molecule has 0 atom stereocenters. The predicted octanol–water partition coefficient (Wildman–Crippen LogP) is 4.80. The summed E-state index contributed by atoms with van der Waals surface area (Å²) in [5, 5.41) is 0.801. The summed E-state index contributed by atoms with van der Waals surface area (Å²) in [6.45, 7) is 1.87. The van der Waals surface area contributed by atoms with Crippen molar-refractivity contribution in [2.75, 3.05) is 7.05 Å². The molecule has 0 unspecified atom stereocenters. The van der Waals surface area contributed by atoms with E-state index in [1.165, 1.54) is 14.2 Å². The van der Waals surface area contributed by atoms with Crippen molar-refractivity contribution in [2.24, 2.45) is 0 Å². The first-order valence-corrected chi connectivity index (χ1v) is 7.29. The van der Waals surface area contributed by atoms with Crippen LogP contribution in [-0.2, 0) is 13.1 Å². The molecule has 0 saturated heterocycles. The number of halogens is 2. The molecule has 2 rings (SSSR count). The molecule has 0 N–H and O–H groups in total. The molecule has 1 aromatic heterocycles. The number of benzene rings is 1. The van der Waals surface area contributed by atoms with Gasteiger partial charge in [0, 0.05) is 23.0 Å². The molecule has 1 heterocycles. The Bertz CT molecular complexity index is 498. The summed E-state index contributed by atoms with van der Waals surface area (Å²) in [6.07, 6.45) is 0. The van der Waals surface area contributed by atoms with Gasteiger partial charge in [-0.2, -0.15) is 0 Å². The maximum atomic E-state index is 5.97. The maximum Gasteiger partial charge on any atom is 0.0701 e. The molecule has 0 fully saturated rings. The quantitative estimate of drug-likeness (QED) is 0.778. The first kappa shape index (κ1) is 13.1. The maximum absolute atomic E-state index is 5.97. The Morgan fingerprint density at radius 2 is 2.06 bits per heavy atom. The lowest BCUT2D eigenvalue weighted by Crippen LogP contribution is -2.16. The van der Waals surface area contributed by atoms with E-state index in [0.29, 0.717) is 0 Å². The second-order valence-electron chi connectivity index (χ2n) is 4.01. The van der Waals surface area contributed by atoms with Gasteiger partial charge in [-0.05, 0) is 52.8 Å². The molecule has 0 aliphatic carbocycles. The summed E-state index contributed by atoms with van der Waals surface area (Å²) in [5.41, 5.74) is 1.25. The summed E-state index contributed by atoms with van der Waals surface area (Å²) < 4.78 is 1.18. The molecule has 0 amide bonds. The highest BCUT2D eigenvalue weighted by Gasteiger charge is 2.04. The van der Waals surface area contributed by atoms with Crippen LogP contribution in [-0.4, -0.2) is 11.9 Å². The van der Waals surface area contributed by atoms with Gasteiger partial charge in [0.15, 0.2) is 0 Å². The van der Waals surface area contributed by atoms with Crippen molar-refractivity contribution in [1.82, 2.24) is 4.90 Å². The van der Waals surface area contributed by atoms with Gasteiger partial charge in [0.2, 0.25) is 0 Å². The lowest BCUT2D eigenvalue weighted by Gasteiger charge is -2.15. The third-order valence-electron chi connectivity index (χ3n) is 2.40. The van der Waals surface area contributed by atoms with Gasteiger partial charge in [-0.3, -0.25) is 4.90 Å². The molecule has 0 radical (unpaired) electrons. The normalized spacial score (nSPS) is 11.1. The van der Waals surface area contributed by atoms with E-state index in [1.807, 2.05) is 18.2 Å². The van der Waals surface area contributed by atoms with Gasteiger partial charge in [-0.15, -0.1) is 11.3 Å². The summed E-state index contributed by atoms with van der Waals surface area (Å²) in [5.74, 6) is 0. The van der Waals surface area contributed by atoms with Crippen LogP contribution in [0.15, 0.2) is 40.2 Å². The third-order valence-corrected chi connectivity index (χ3v) is 4.24. The Balaban J connectivity index is 1.95. The Morgan fingerprint density at radius 1 is 1.24 bits per heavy atom. The van der Waals surface area contributed by atoms with Crippen LogP contribution < -0.4 is 0 Å². The molecule has 4 heteroatoms. The molecular formula is C13H13BrClNS. The van der Waals surface area contributed by atoms with Gasteiger partial charge in [0.25, 0.3) is 0 Å². The second-order valence-corrected chi connectivity index (χ2v) is 6.99. The smallest absolute Gasteiger partial charge is 0.0701 e. The Morgan fingerprint density at radius 3 is 2.71 bits per heavy atom. The molecule has 1 nitrogen and oxygen atoms in total. The van der Waals surface area contributed by atoms with Crippen molar-refractivity contribution in [3.8, 4) is 0 Å². The monoisotopic (exact) mass is 329 g/mol. The van der Waals surface area contributed by atoms with Gasteiger partial charge >= 0.3 is 0 Å². The number of hydrogen-bond acceptors (Lipinski definition) is 2. The molecular weight excluding hydrogens is 318 g/mol. The number of hydrogen-bond donors (Lipinski definition) is 0. The van der Waals surface area contributed by atoms with Crippen molar-refractivity contribution >= 4 is 38.9 Å². The van der Waals surface area contributed by atoms with E-state index < -0.39 is 0 Å². The molecule has 90 valence electrons. The van der Waals surface area contributed by atoms with Gasteiger partial charge in [0.1, 0.15) is 0 Å². The third kappa shape index (κ3) is 4.11. The highest BCUT2D eigenvalue weighted by Crippen LogP contribution is 2.23. The predicted molar refractivity (Wildman–Crippen MR) is 78.6 cm³/mol. The minimum absolute atomic E-state index is 0.801. The summed E-state index contributed by atoms with van der Waals surface area (Å²) in [7, 11) is 2.12. The zero-order valence-corrected chi connectivity index (χ0v) is 12.6. The highest BCUT2D eigenvalue weighted by molar-refractivity contribution is 9.11. The Labute approximate surface area is 119 Å². The van der Waals surface area contributed by atoms with E-state index in [0.717, 1.165) is 18.1 Å². The van der Waals surface area contributed by atoms with Gasteiger partial charge in [-0.25, -0.2) is 0 Å². The number of rotatable bonds is 4. The van der Waals surface area contributed by atoms with E-state index in [-0.39, 0.29) is 0 Å². The first-order chi connectivity index (χ1) is 8.13. The lowest BCUT2D eigenvalue weighted by molar-refractivity contribution is 0.322. The van der Waals surface area contributed by atoms with Crippen LogP contribution in [0, 0.1) is 0 Å². The fourth-order valence-corrected chi connectivity index (χ4v) is 3.48. The molecule has 0 saturated carbocycles. The SMILES string of the molecule is CN(Cc1cccc(Cl)c1)Cc1ccc(Br)s1. The van der Waals surface area contributed by atoms with E-state index in [1.54, 1.807) is 11.3 Å². The zero-order valence-electron chi connectivity index (χ0n) is 9.49. The van der Waals surface area contributed by atoms with Gasteiger partial charge in [0.05, 0.1) is 3.79 Å². The highest BCUT2D eigenvalue weighted by atomic mass is 79.9. The fourth-order valence-electron chi connectivity index (χ4n) is 1.71. The minimum Gasteiger partial charge on any atom is -0.297 e. The minimum atomic E-state index is 0.801. The van der Waals surface area contributed by atoms with Crippen LogP contribution >= 0.6 is 38.9 Å². The summed E-state index contributed by atoms with van der Waals surface area (Å²) in [4.78, 5) is 3.64. The van der Waals surface area contributed by atoms with Gasteiger partial charge < -0.3 is 0 Å². The van der Waals surface area contributed by atoms with Crippen molar-refractivity contribution in [3.63, 3.8) is 0 Å². The van der Waals surface area contributed by atoms with Crippen LogP contribution in [0.25, 0.3) is 0 Å². The van der Waals surface area contributed by atoms with Crippen LogP contribution in [0.1, 0.15) is 10.4 Å². The van der Waals surface area contributed by atoms with Crippen LogP contribution in [0.2, 0.25) is 5.02 Å². The van der Waals surface area contributed by atoms with Crippen molar-refractivity contribution < 1.29 is 0 Å². The summed E-state index contributed by atoms with van der Waals surface area (Å²) >= 11 is 11.2. The van der Waals surface area contributed by atoms with E-state index in [2.05, 4.69) is 46.1 Å². The molecule has 17 heavy (non-hydrogen) atoms. The summed E-state index contributed by atoms with van der Waals surface area (Å²) in [6, 6.07) is 12.3. The standard InChI is InChI=1S/C13H13BrClNS/c1-16(9-12-5-6-13(14)17-12)8-10-3-2-4-11(15)7-10/h2-7H,8-9H2,1H3. The zero-order chi connectivity index (χ0) is 12.3. The Kier molecular flexibility index (Phi) is 4.62. The molecule has 2 aromatic rings. The van der Waals surface area contributed by atoms with Gasteiger partial charge in [-0.1, -0.05) is 23.7 Å². The number of thiophene rings is 1. The van der Waals surface area contributed by atoms with E-state index >= 15 is 0 Å². The van der Waals surface area contributed by atoms with Crippen molar-refractivity contribution in [3.05, 3.63) is 55.6 Å². The van der Waals surface area contributed by atoms with E-state index in [9.17, 15) is 0 Å². The lowest BCUT2D eigenvalue weighted by atomic mass is 10.2. The molecule has 1 aromatic carbocycles. The molecule has 0 aliphatic rings. The molecule has 0 aliphatic heterocycles. The fraction of sp³-hybridized carbons (Fsp3) is 0.231. The topological polar surface area (TPSA) is 3.24 Å². The molecule has 0 bridgehead atoms. The first-order valence-electron chi connectivity index (χ1n) is 5.31. The van der Waals surface area contributed by atoms with Crippen LogP contribution in [0.4, 0.5) is 0 Å². The largest absolute Gasteiger partial charge is 0.297 e. The van der Waals surface area contributed by atoms with Crippen molar-refractivity contribution in [1.29, 1.82) is 0 Å². The second kappa shape index (κ2) is 6.01. The van der Waals surface area contributed by atoms with Crippen molar-refractivity contribution in [2.45, 2.75) is 13.1 Å². The Hall–Kier alpha value is -0.350. The van der Waals surface area contributed by atoms with E-state index in [4.69, 9.17) is 11.6 Å². The average molecular weight is 331 g/mol.